The Hall–Kier alpha value is -1.29. The normalized spacial score (nSPS) is 9.93. The smallest absolute Gasteiger partial charge is 0.203 e. The van der Waals surface area contributed by atoms with Gasteiger partial charge in [0.2, 0.25) is 5.62 Å². The fraction of sp³-hybridized carbons (Fsp3) is 0.182. The van der Waals surface area contributed by atoms with Gasteiger partial charge in [0.25, 0.3) is 0 Å². The molecule has 80 valence electrons. The Bertz CT molecular complexity index is 536. The van der Waals surface area contributed by atoms with E-state index >= 15 is 0 Å². The van der Waals surface area contributed by atoms with Gasteiger partial charge in [-0.05, 0) is 12.1 Å². The molecule has 1 aromatic carbocycles. The van der Waals surface area contributed by atoms with Crippen LogP contribution in [0.4, 0.5) is 0 Å². The van der Waals surface area contributed by atoms with E-state index in [4.69, 9.17) is 5.41 Å². The molecule has 0 radical (unpaired) electrons. The Morgan fingerprint density at radius 3 is 2.53 bits per heavy atom. The summed E-state index contributed by atoms with van der Waals surface area (Å²) < 4.78 is 3.81. The maximum atomic E-state index is 7.91. The Kier molecular flexibility index (Phi) is 3.52. The number of imidazole rings is 1. The van der Waals surface area contributed by atoms with Crippen LogP contribution in [-0.4, -0.2) is 9.13 Å². The van der Waals surface area contributed by atoms with Crippen molar-refractivity contribution in [2.75, 3.05) is 0 Å². The number of aryl methyl sites for hydroxylation is 1. The Balaban J connectivity index is 0.00000112. The maximum absolute atomic E-state index is 7.91. The highest BCUT2D eigenvalue weighted by Crippen LogP contribution is 2.10. The standard InChI is InChI=1S/C11H13N3.BrH/c1-3-8-14-10-7-5-4-6-9(10)13(2)11(14)12;/h3-7,12H,1,8H2,2H3;1H. The largest absolute Gasteiger partial charge is 0.313 e. The number of rotatable bonds is 2. The summed E-state index contributed by atoms with van der Waals surface area (Å²) in [6, 6.07) is 8.02. The van der Waals surface area contributed by atoms with Gasteiger partial charge in [0.15, 0.2) is 0 Å². The molecule has 4 heteroatoms. The molecule has 1 heterocycles. The summed E-state index contributed by atoms with van der Waals surface area (Å²) in [7, 11) is 1.91. The van der Waals surface area contributed by atoms with Crippen LogP contribution >= 0.6 is 17.0 Å². The van der Waals surface area contributed by atoms with Gasteiger partial charge in [0.05, 0.1) is 11.0 Å². The Morgan fingerprint density at radius 1 is 1.33 bits per heavy atom. The number of benzene rings is 1. The van der Waals surface area contributed by atoms with E-state index in [1.54, 1.807) is 0 Å². The number of nitrogens with zero attached hydrogens (tertiary/aromatic N) is 2. The molecule has 0 amide bonds. The molecular weight excluding hydrogens is 254 g/mol. The third-order valence-electron chi connectivity index (χ3n) is 2.42. The van der Waals surface area contributed by atoms with Crippen LogP contribution < -0.4 is 5.62 Å². The fourth-order valence-electron chi connectivity index (χ4n) is 1.70. The van der Waals surface area contributed by atoms with Gasteiger partial charge < -0.3 is 9.13 Å². The second-order valence-electron chi connectivity index (χ2n) is 3.27. The second-order valence-corrected chi connectivity index (χ2v) is 3.27. The quantitative estimate of drug-likeness (QED) is 0.810. The minimum absolute atomic E-state index is 0. The van der Waals surface area contributed by atoms with Crippen molar-refractivity contribution in [3.05, 3.63) is 42.5 Å². The summed E-state index contributed by atoms with van der Waals surface area (Å²) in [4.78, 5) is 0. The third-order valence-corrected chi connectivity index (χ3v) is 2.42. The van der Waals surface area contributed by atoms with Crippen LogP contribution in [0.2, 0.25) is 0 Å². The predicted octanol–water partition coefficient (Wildman–Crippen LogP) is 2.22. The highest BCUT2D eigenvalue weighted by atomic mass is 79.9. The summed E-state index contributed by atoms with van der Waals surface area (Å²) in [5.41, 5.74) is 2.67. The summed E-state index contributed by atoms with van der Waals surface area (Å²) in [6.07, 6.45) is 1.81. The highest BCUT2D eigenvalue weighted by Gasteiger charge is 2.04. The molecule has 0 atom stereocenters. The molecule has 0 saturated heterocycles. The van der Waals surface area contributed by atoms with E-state index in [1.807, 2.05) is 46.5 Å². The van der Waals surface area contributed by atoms with Crippen LogP contribution in [0.3, 0.4) is 0 Å². The summed E-state index contributed by atoms with van der Waals surface area (Å²) in [5, 5.41) is 7.91. The number of allylic oxidation sites excluding steroid dienone is 1. The topological polar surface area (TPSA) is 33.7 Å². The number of hydrogen-bond donors (Lipinski definition) is 1. The van der Waals surface area contributed by atoms with E-state index in [0.29, 0.717) is 12.2 Å². The van der Waals surface area contributed by atoms with Crippen molar-refractivity contribution >= 4 is 28.0 Å². The van der Waals surface area contributed by atoms with Gasteiger partial charge in [-0.15, -0.1) is 23.6 Å². The van der Waals surface area contributed by atoms with E-state index in [2.05, 4.69) is 6.58 Å². The molecule has 0 unspecified atom stereocenters. The van der Waals surface area contributed by atoms with Crippen molar-refractivity contribution in [1.82, 2.24) is 9.13 Å². The first kappa shape index (κ1) is 11.8. The lowest BCUT2D eigenvalue weighted by molar-refractivity contribution is 0.706. The Labute approximate surface area is 98.9 Å². The zero-order chi connectivity index (χ0) is 10.1. The van der Waals surface area contributed by atoms with Crippen molar-refractivity contribution < 1.29 is 0 Å². The minimum Gasteiger partial charge on any atom is -0.313 e. The van der Waals surface area contributed by atoms with Crippen molar-refractivity contribution in [3.8, 4) is 0 Å². The molecule has 0 aliphatic rings. The zero-order valence-electron chi connectivity index (χ0n) is 8.60. The molecular formula is C11H14BrN3. The average molecular weight is 268 g/mol. The first-order valence-electron chi connectivity index (χ1n) is 4.55. The molecule has 0 spiro atoms. The Morgan fingerprint density at radius 2 is 1.93 bits per heavy atom. The predicted molar refractivity (Wildman–Crippen MR) is 67.3 cm³/mol. The monoisotopic (exact) mass is 267 g/mol. The molecule has 15 heavy (non-hydrogen) atoms. The fourth-order valence-corrected chi connectivity index (χ4v) is 1.70. The van der Waals surface area contributed by atoms with E-state index in [0.717, 1.165) is 11.0 Å². The minimum atomic E-state index is 0. The van der Waals surface area contributed by atoms with Crippen molar-refractivity contribution in [2.45, 2.75) is 6.54 Å². The van der Waals surface area contributed by atoms with Crippen LogP contribution in [0.15, 0.2) is 36.9 Å². The van der Waals surface area contributed by atoms with Crippen LogP contribution in [0.25, 0.3) is 11.0 Å². The van der Waals surface area contributed by atoms with Gasteiger partial charge >= 0.3 is 0 Å². The van der Waals surface area contributed by atoms with Crippen molar-refractivity contribution in [1.29, 1.82) is 5.41 Å². The molecule has 2 rings (SSSR count). The SMILES string of the molecule is Br.C=CCn1c(=N)n(C)c2ccccc21. The lowest BCUT2D eigenvalue weighted by Gasteiger charge is -1.97. The molecule has 2 aromatic rings. The van der Waals surface area contributed by atoms with Gasteiger partial charge in [-0.2, -0.15) is 0 Å². The molecule has 0 aliphatic carbocycles. The van der Waals surface area contributed by atoms with E-state index in [-0.39, 0.29) is 17.0 Å². The molecule has 3 nitrogen and oxygen atoms in total. The van der Waals surface area contributed by atoms with Crippen LogP contribution in [0, 0.1) is 5.41 Å². The van der Waals surface area contributed by atoms with Gasteiger partial charge in [-0.25, -0.2) is 0 Å². The third kappa shape index (κ3) is 1.77. The van der Waals surface area contributed by atoms with Crippen LogP contribution in [0.5, 0.6) is 0 Å². The summed E-state index contributed by atoms with van der Waals surface area (Å²) in [6.45, 7) is 4.38. The number of fused-ring (bicyclic) bond motifs is 1. The molecule has 0 fully saturated rings. The first-order chi connectivity index (χ1) is 6.75. The number of nitrogens with one attached hydrogen (secondary N) is 1. The lowest BCUT2D eigenvalue weighted by Crippen LogP contribution is -2.21. The maximum Gasteiger partial charge on any atom is 0.203 e. The molecule has 1 N–H and O–H groups in total. The second kappa shape index (κ2) is 4.49. The average Bonchev–Trinajstić information content (AvgIpc) is 2.45. The van der Waals surface area contributed by atoms with Gasteiger partial charge in [-0.1, -0.05) is 18.2 Å². The summed E-state index contributed by atoms with van der Waals surface area (Å²) >= 11 is 0. The zero-order valence-corrected chi connectivity index (χ0v) is 10.3. The number of hydrogen-bond acceptors (Lipinski definition) is 1. The molecule has 0 saturated carbocycles. The van der Waals surface area contributed by atoms with E-state index < -0.39 is 0 Å². The van der Waals surface area contributed by atoms with E-state index in [1.165, 1.54) is 0 Å². The van der Waals surface area contributed by atoms with Gasteiger partial charge in [0.1, 0.15) is 0 Å². The highest BCUT2D eigenvalue weighted by molar-refractivity contribution is 8.93. The molecule has 0 aliphatic heterocycles. The summed E-state index contributed by atoms with van der Waals surface area (Å²) in [5.74, 6) is 0. The first-order valence-corrected chi connectivity index (χ1v) is 4.55. The van der Waals surface area contributed by atoms with Gasteiger partial charge in [0, 0.05) is 13.6 Å². The van der Waals surface area contributed by atoms with Crippen molar-refractivity contribution in [2.24, 2.45) is 7.05 Å². The van der Waals surface area contributed by atoms with Crippen molar-refractivity contribution in [3.63, 3.8) is 0 Å². The number of halogens is 1. The van der Waals surface area contributed by atoms with Crippen LogP contribution in [-0.2, 0) is 13.6 Å². The lowest BCUT2D eigenvalue weighted by atomic mass is 10.3. The van der Waals surface area contributed by atoms with E-state index in [9.17, 15) is 0 Å². The molecule has 0 bridgehead atoms. The van der Waals surface area contributed by atoms with Gasteiger partial charge in [-0.3, -0.25) is 5.41 Å². The number of aromatic nitrogens is 2. The van der Waals surface area contributed by atoms with Crippen LogP contribution in [0.1, 0.15) is 0 Å². The number of para-hydroxylation sites is 2. The molecule has 1 aromatic heterocycles.